The lowest BCUT2D eigenvalue weighted by molar-refractivity contribution is 0.0955. The number of amides is 1. The first-order valence-electron chi connectivity index (χ1n) is 6.82. The van der Waals surface area contributed by atoms with Crippen LogP contribution in [0, 0.1) is 0 Å². The maximum atomic E-state index is 12.4. The van der Waals surface area contributed by atoms with Gasteiger partial charge >= 0.3 is 0 Å². The molecule has 0 saturated carbocycles. The van der Waals surface area contributed by atoms with Crippen LogP contribution in [0.1, 0.15) is 10.5 Å². The molecule has 0 unspecified atom stereocenters. The van der Waals surface area contributed by atoms with Crippen molar-refractivity contribution in [3.8, 4) is 5.82 Å². The van der Waals surface area contributed by atoms with E-state index in [9.17, 15) is 4.79 Å². The molecular weight excluding hydrogens is 408 g/mol. The fourth-order valence-electron chi connectivity index (χ4n) is 2.02. The van der Waals surface area contributed by atoms with E-state index in [1.54, 1.807) is 24.4 Å². The minimum atomic E-state index is -0.439. The molecule has 3 heterocycles. The molecule has 0 saturated heterocycles. The van der Waals surface area contributed by atoms with Gasteiger partial charge in [0.05, 0.1) is 20.1 Å². The van der Waals surface area contributed by atoms with E-state index in [1.165, 1.54) is 23.0 Å². The van der Waals surface area contributed by atoms with Gasteiger partial charge in [-0.25, -0.2) is 9.97 Å². The summed E-state index contributed by atoms with van der Waals surface area (Å²) in [6.07, 6.45) is 4.51. The summed E-state index contributed by atoms with van der Waals surface area (Å²) in [7, 11) is 0. The third-order valence-corrected chi connectivity index (χ3v) is 4.08. The highest BCUT2D eigenvalue weighted by molar-refractivity contribution is 6.36. The van der Waals surface area contributed by atoms with Crippen molar-refractivity contribution in [2.45, 2.75) is 0 Å². The molecule has 0 fully saturated rings. The molecule has 10 heteroatoms. The number of hydrogen-bond donors (Lipinski definition) is 2. The molecule has 2 N–H and O–H groups in total. The van der Waals surface area contributed by atoms with Gasteiger partial charge in [-0.1, -0.05) is 46.4 Å². The number of halogens is 4. The van der Waals surface area contributed by atoms with E-state index in [0.717, 1.165) is 0 Å². The second kappa shape index (κ2) is 7.49. The molecule has 1 amide bonds. The van der Waals surface area contributed by atoms with E-state index < -0.39 is 5.91 Å². The summed E-state index contributed by atoms with van der Waals surface area (Å²) >= 11 is 23.8. The molecule has 128 valence electrons. The summed E-state index contributed by atoms with van der Waals surface area (Å²) in [5, 5.41) is 1.37. The Morgan fingerprint density at radius 2 is 1.68 bits per heavy atom. The second-order valence-corrected chi connectivity index (χ2v) is 6.47. The lowest BCUT2D eigenvalue weighted by atomic mass is 10.4. The van der Waals surface area contributed by atoms with Crippen LogP contribution in [0.15, 0.2) is 42.9 Å². The van der Waals surface area contributed by atoms with Crippen LogP contribution in [-0.4, -0.2) is 20.4 Å². The summed E-state index contributed by atoms with van der Waals surface area (Å²) in [6.45, 7) is 0. The van der Waals surface area contributed by atoms with Crippen LogP contribution in [0.4, 0.5) is 5.82 Å². The summed E-state index contributed by atoms with van der Waals surface area (Å²) in [5.74, 6) is 0.203. The average Bonchev–Trinajstić information content (AvgIpc) is 3.03. The first-order valence-corrected chi connectivity index (χ1v) is 8.33. The Morgan fingerprint density at radius 3 is 2.36 bits per heavy atom. The number of hydrazine groups is 1. The number of pyridine rings is 2. The Hall–Kier alpha value is -1.99. The fraction of sp³-hybridized carbons (Fsp3) is 0. The van der Waals surface area contributed by atoms with Crippen LogP contribution in [-0.2, 0) is 0 Å². The molecule has 0 bridgehead atoms. The molecule has 0 aliphatic rings. The van der Waals surface area contributed by atoms with Crippen LogP contribution in [0.2, 0.25) is 20.1 Å². The summed E-state index contributed by atoms with van der Waals surface area (Å²) < 4.78 is 1.53. The number of carbonyl (C=O) groups excluding carboxylic acids is 1. The van der Waals surface area contributed by atoms with Crippen molar-refractivity contribution in [1.29, 1.82) is 0 Å². The highest BCUT2D eigenvalue weighted by atomic mass is 35.5. The SMILES string of the molecule is O=C(NNc1ncc(Cl)cc1Cl)c1cccn1-c1ncc(Cl)cc1Cl. The quantitative estimate of drug-likeness (QED) is 0.607. The first kappa shape index (κ1) is 17.8. The van der Waals surface area contributed by atoms with Crippen molar-refractivity contribution in [3.05, 3.63) is 68.6 Å². The number of nitrogens with zero attached hydrogens (tertiary/aromatic N) is 3. The zero-order valence-electron chi connectivity index (χ0n) is 12.3. The van der Waals surface area contributed by atoms with Crippen molar-refractivity contribution in [2.75, 3.05) is 5.43 Å². The second-order valence-electron chi connectivity index (χ2n) is 4.79. The van der Waals surface area contributed by atoms with Gasteiger partial charge in [0.1, 0.15) is 5.69 Å². The van der Waals surface area contributed by atoms with Gasteiger partial charge in [0.2, 0.25) is 0 Å². The Bertz CT molecular complexity index is 943. The molecule has 3 rings (SSSR count). The third kappa shape index (κ3) is 3.99. The number of nitrogens with one attached hydrogen (secondary N) is 2. The summed E-state index contributed by atoms with van der Waals surface area (Å²) in [6, 6.07) is 6.35. The maximum absolute atomic E-state index is 12.4. The van der Waals surface area contributed by atoms with Gasteiger partial charge in [-0.2, -0.15) is 0 Å². The van der Waals surface area contributed by atoms with E-state index in [4.69, 9.17) is 46.4 Å². The van der Waals surface area contributed by atoms with Crippen molar-refractivity contribution in [2.24, 2.45) is 0 Å². The molecule has 0 spiro atoms. The first-order chi connectivity index (χ1) is 12.0. The molecule has 0 aromatic carbocycles. The topological polar surface area (TPSA) is 71.8 Å². The molecular formula is C15H9Cl4N5O. The molecule has 0 atom stereocenters. The predicted octanol–water partition coefficient (Wildman–Crippen LogP) is 4.64. The highest BCUT2D eigenvalue weighted by Gasteiger charge is 2.15. The van der Waals surface area contributed by atoms with E-state index in [0.29, 0.717) is 26.6 Å². The van der Waals surface area contributed by atoms with Gasteiger partial charge in [0.25, 0.3) is 5.91 Å². The monoisotopic (exact) mass is 415 g/mol. The van der Waals surface area contributed by atoms with Crippen molar-refractivity contribution < 1.29 is 4.79 Å². The number of carbonyl (C=O) groups is 1. The van der Waals surface area contributed by atoms with E-state index in [-0.39, 0.29) is 10.8 Å². The molecule has 0 radical (unpaired) electrons. The Labute approximate surface area is 162 Å². The van der Waals surface area contributed by atoms with Gasteiger partial charge in [-0.15, -0.1) is 0 Å². The smallest absolute Gasteiger partial charge is 0.286 e. The standard InChI is InChI=1S/C15H9Cl4N5O/c16-8-4-10(18)13(20-6-8)22-23-15(25)12-2-1-3-24(12)14-11(19)5-9(17)7-21-14/h1-7H,(H,20,22)(H,23,25). The van der Waals surface area contributed by atoms with Crippen molar-refractivity contribution in [1.82, 2.24) is 20.0 Å². The lowest BCUT2D eigenvalue weighted by Crippen LogP contribution is -2.31. The van der Waals surface area contributed by atoms with Crippen LogP contribution < -0.4 is 10.9 Å². The van der Waals surface area contributed by atoms with Gasteiger partial charge in [0, 0.05) is 18.6 Å². The van der Waals surface area contributed by atoms with Gasteiger partial charge in [-0.3, -0.25) is 20.2 Å². The number of anilines is 1. The van der Waals surface area contributed by atoms with E-state index in [1.807, 2.05) is 0 Å². The third-order valence-electron chi connectivity index (χ3n) is 3.10. The zero-order valence-corrected chi connectivity index (χ0v) is 15.3. The molecule has 6 nitrogen and oxygen atoms in total. The predicted molar refractivity (Wildman–Crippen MR) is 98.9 cm³/mol. The maximum Gasteiger partial charge on any atom is 0.286 e. The van der Waals surface area contributed by atoms with Crippen LogP contribution in [0.3, 0.4) is 0 Å². The normalized spacial score (nSPS) is 10.6. The summed E-state index contributed by atoms with van der Waals surface area (Å²) in [4.78, 5) is 20.6. The summed E-state index contributed by atoms with van der Waals surface area (Å²) in [5.41, 5.74) is 5.45. The highest BCUT2D eigenvalue weighted by Crippen LogP contribution is 2.24. The van der Waals surface area contributed by atoms with E-state index >= 15 is 0 Å². The Balaban J connectivity index is 1.81. The molecule has 3 aromatic heterocycles. The van der Waals surface area contributed by atoms with Crippen molar-refractivity contribution in [3.63, 3.8) is 0 Å². The minimum Gasteiger partial charge on any atom is -0.295 e. The number of rotatable bonds is 4. The van der Waals surface area contributed by atoms with Crippen LogP contribution in [0.5, 0.6) is 0 Å². The average molecular weight is 417 g/mol. The number of aromatic nitrogens is 3. The molecule has 0 aliphatic heterocycles. The minimum absolute atomic E-state index is 0.264. The Morgan fingerprint density at radius 1 is 1.00 bits per heavy atom. The zero-order chi connectivity index (χ0) is 18.0. The number of hydrogen-bond acceptors (Lipinski definition) is 4. The Kier molecular flexibility index (Phi) is 5.34. The van der Waals surface area contributed by atoms with Gasteiger partial charge in [0.15, 0.2) is 11.6 Å². The molecule has 25 heavy (non-hydrogen) atoms. The van der Waals surface area contributed by atoms with Crippen LogP contribution >= 0.6 is 46.4 Å². The molecule has 0 aliphatic carbocycles. The van der Waals surface area contributed by atoms with Gasteiger partial charge < -0.3 is 0 Å². The van der Waals surface area contributed by atoms with Crippen molar-refractivity contribution >= 4 is 58.1 Å². The molecule has 3 aromatic rings. The lowest BCUT2D eigenvalue weighted by Gasteiger charge is -2.12. The van der Waals surface area contributed by atoms with Crippen LogP contribution in [0.25, 0.3) is 5.82 Å². The van der Waals surface area contributed by atoms with Gasteiger partial charge in [-0.05, 0) is 24.3 Å². The largest absolute Gasteiger partial charge is 0.295 e. The fourth-order valence-corrected chi connectivity index (χ4v) is 2.92. The van der Waals surface area contributed by atoms with E-state index in [2.05, 4.69) is 20.8 Å².